The van der Waals surface area contributed by atoms with Crippen molar-refractivity contribution < 1.29 is 8.78 Å². The summed E-state index contributed by atoms with van der Waals surface area (Å²) in [4.78, 5) is 0. The molecule has 3 heteroatoms. The van der Waals surface area contributed by atoms with Crippen LogP contribution < -0.4 is 5.32 Å². The van der Waals surface area contributed by atoms with E-state index in [-0.39, 0.29) is 0 Å². The van der Waals surface area contributed by atoms with Gasteiger partial charge in [0.15, 0.2) is 0 Å². The molecule has 0 amide bonds. The molecule has 0 fully saturated rings. The Morgan fingerprint density at radius 2 is 1.74 bits per heavy atom. The molecule has 1 unspecified atom stereocenters. The second-order valence-corrected chi connectivity index (χ2v) is 4.50. The third-order valence-electron chi connectivity index (χ3n) is 3.31. The smallest absolute Gasteiger partial charge is 0.133 e. The molecule has 0 bridgehead atoms. The van der Waals surface area contributed by atoms with Crippen LogP contribution >= 0.6 is 0 Å². The fourth-order valence-corrected chi connectivity index (χ4v) is 2.23. The Bertz CT molecular complexity index is 545. The Balaban J connectivity index is 2.32. The highest BCUT2D eigenvalue weighted by atomic mass is 19.1. The number of hydrogen-bond acceptors (Lipinski definition) is 1. The first-order valence-corrected chi connectivity index (χ1v) is 6.38. The van der Waals surface area contributed by atoms with Gasteiger partial charge in [0, 0.05) is 17.7 Å². The lowest BCUT2D eigenvalue weighted by molar-refractivity contribution is 0.577. The van der Waals surface area contributed by atoms with Crippen LogP contribution in [0.25, 0.3) is 11.1 Å². The molecule has 0 heterocycles. The SMILES string of the molecule is CCC(NC)c1ccc(-c2ccc(F)cc2F)cc1. The zero-order valence-corrected chi connectivity index (χ0v) is 11.1. The first-order valence-electron chi connectivity index (χ1n) is 6.38. The van der Waals surface area contributed by atoms with Gasteiger partial charge in [-0.15, -0.1) is 0 Å². The quantitative estimate of drug-likeness (QED) is 0.865. The summed E-state index contributed by atoms with van der Waals surface area (Å²) in [7, 11) is 1.92. The summed E-state index contributed by atoms with van der Waals surface area (Å²) in [5.74, 6) is -1.09. The molecule has 0 aliphatic carbocycles. The number of halogens is 2. The lowest BCUT2D eigenvalue weighted by atomic mass is 9.99. The lowest BCUT2D eigenvalue weighted by Crippen LogP contribution is -2.14. The van der Waals surface area contributed by atoms with Crippen molar-refractivity contribution >= 4 is 0 Å². The maximum absolute atomic E-state index is 13.7. The number of rotatable bonds is 4. The number of nitrogens with one attached hydrogen (secondary N) is 1. The first kappa shape index (κ1) is 13.7. The molecule has 0 aliphatic heterocycles. The van der Waals surface area contributed by atoms with E-state index in [9.17, 15) is 8.78 Å². The van der Waals surface area contributed by atoms with Crippen LogP contribution in [0.2, 0.25) is 0 Å². The maximum Gasteiger partial charge on any atom is 0.133 e. The van der Waals surface area contributed by atoms with E-state index in [2.05, 4.69) is 12.2 Å². The van der Waals surface area contributed by atoms with Crippen molar-refractivity contribution in [2.45, 2.75) is 19.4 Å². The Kier molecular flexibility index (Phi) is 4.27. The molecule has 0 saturated heterocycles. The number of benzene rings is 2. The standard InChI is InChI=1S/C16H17F2N/c1-3-16(19-2)12-6-4-11(5-7-12)14-9-8-13(17)10-15(14)18/h4-10,16,19H,3H2,1-2H3. The monoisotopic (exact) mass is 261 g/mol. The second kappa shape index (κ2) is 5.93. The molecule has 0 aromatic heterocycles. The highest BCUT2D eigenvalue weighted by Crippen LogP contribution is 2.25. The van der Waals surface area contributed by atoms with E-state index < -0.39 is 11.6 Å². The average molecular weight is 261 g/mol. The molecule has 0 spiro atoms. The van der Waals surface area contributed by atoms with E-state index in [4.69, 9.17) is 0 Å². The molecule has 100 valence electrons. The maximum atomic E-state index is 13.7. The lowest BCUT2D eigenvalue weighted by Gasteiger charge is -2.14. The van der Waals surface area contributed by atoms with E-state index >= 15 is 0 Å². The molecule has 1 atom stereocenters. The summed E-state index contributed by atoms with van der Waals surface area (Å²) in [5, 5.41) is 3.22. The zero-order valence-electron chi connectivity index (χ0n) is 11.1. The summed E-state index contributed by atoms with van der Waals surface area (Å²) >= 11 is 0. The van der Waals surface area contributed by atoms with Crippen molar-refractivity contribution in [1.29, 1.82) is 0 Å². The third-order valence-corrected chi connectivity index (χ3v) is 3.31. The van der Waals surface area contributed by atoms with Gasteiger partial charge in [0.05, 0.1) is 0 Å². The van der Waals surface area contributed by atoms with Crippen LogP contribution in [-0.4, -0.2) is 7.05 Å². The first-order chi connectivity index (χ1) is 9.15. The van der Waals surface area contributed by atoms with Gasteiger partial charge in [-0.25, -0.2) is 8.78 Å². The van der Waals surface area contributed by atoms with E-state index in [0.29, 0.717) is 11.6 Å². The third kappa shape index (κ3) is 2.99. The van der Waals surface area contributed by atoms with Crippen molar-refractivity contribution in [2.75, 3.05) is 7.05 Å². The molecule has 2 rings (SSSR count). The molecule has 0 radical (unpaired) electrons. The van der Waals surface area contributed by atoms with Crippen LogP contribution in [0.3, 0.4) is 0 Å². The molecule has 1 N–H and O–H groups in total. The highest BCUT2D eigenvalue weighted by Gasteiger charge is 2.09. The average Bonchev–Trinajstić information content (AvgIpc) is 2.41. The molecule has 0 saturated carbocycles. The number of hydrogen-bond donors (Lipinski definition) is 1. The summed E-state index contributed by atoms with van der Waals surface area (Å²) < 4.78 is 26.6. The summed E-state index contributed by atoms with van der Waals surface area (Å²) in [5.41, 5.74) is 2.34. The topological polar surface area (TPSA) is 12.0 Å². The van der Waals surface area contributed by atoms with Gasteiger partial charge in [-0.05, 0) is 36.7 Å². The Hall–Kier alpha value is -1.74. The predicted molar refractivity (Wildman–Crippen MR) is 73.9 cm³/mol. The van der Waals surface area contributed by atoms with E-state index in [1.165, 1.54) is 12.1 Å². The summed E-state index contributed by atoms with van der Waals surface area (Å²) in [6.45, 7) is 2.11. The highest BCUT2D eigenvalue weighted by molar-refractivity contribution is 5.64. The Labute approximate surface area is 112 Å². The molecule has 1 nitrogen and oxygen atoms in total. The molecular formula is C16H17F2N. The minimum atomic E-state index is -0.556. The van der Waals surface area contributed by atoms with Gasteiger partial charge in [-0.3, -0.25) is 0 Å². The van der Waals surface area contributed by atoms with Crippen molar-refractivity contribution in [3.05, 3.63) is 59.7 Å². The van der Waals surface area contributed by atoms with Crippen molar-refractivity contribution in [3.63, 3.8) is 0 Å². The summed E-state index contributed by atoms with van der Waals surface area (Å²) in [6.07, 6.45) is 0.987. The van der Waals surface area contributed by atoms with Crippen molar-refractivity contribution in [2.24, 2.45) is 0 Å². The van der Waals surface area contributed by atoms with E-state index in [0.717, 1.165) is 23.6 Å². The normalized spacial score (nSPS) is 12.4. The van der Waals surface area contributed by atoms with Gasteiger partial charge in [0.2, 0.25) is 0 Å². The van der Waals surface area contributed by atoms with Crippen LogP contribution in [0.4, 0.5) is 8.78 Å². The minimum absolute atomic E-state index is 0.298. The molecule has 2 aromatic rings. The summed E-state index contributed by atoms with van der Waals surface area (Å²) in [6, 6.07) is 11.6. The van der Waals surface area contributed by atoms with Gasteiger partial charge in [0.25, 0.3) is 0 Å². The molecule has 19 heavy (non-hydrogen) atoms. The van der Waals surface area contributed by atoms with Crippen molar-refractivity contribution in [3.8, 4) is 11.1 Å². The van der Waals surface area contributed by atoms with E-state index in [1.54, 1.807) is 0 Å². The van der Waals surface area contributed by atoms with Crippen LogP contribution in [0.5, 0.6) is 0 Å². The van der Waals surface area contributed by atoms with Gasteiger partial charge >= 0.3 is 0 Å². The van der Waals surface area contributed by atoms with Crippen molar-refractivity contribution in [1.82, 2.24) is 5.32 Å². The van der Waals surface area contributed by atoms with Gasteiger partial charge < -0.3 is 5.32 Å². The van der Waals surface area contributed by atoms with Gasteiger partial charge in [-0.2, -0.15) is 0 Å². The zero-order chi connectivity index (χ0) is 13.8. The van der Waals surface area contributed by atoms with Crippen LogP contribution in [0.1, 0.15) is 24.9 Å². The predicted octanol–water partition coefficient (Wildman–Crippen LogP) is 4.30. The molecule has 2 aromatic carbocycles. The Morgan fingerprint density at radius 1 is 1.05 bits per heavy atom. The van der Waals surface area contributed by atoms with Crippen LogP contribution in [0, 0.1) is 11.6 Å². The van der Waals surface area contributed by atoms with Gasteiger partial charge in [0.1, 0.15) is 11.6 Å². The fraction of sp³-hybridized carbons (Fsp3) is 0.250. The fourth-order valence-electron chi connectivity index (χ4n) is 2.23. The largest absolute Gasteiger partial charge is 0.313 e. The van der Waals surface area contributed by atoms with Gasteiger partial charge in [-0.1, -0.05) is 31.2 Å². The second-order valence-electron chi connectivity index (χ2n) is 4.50. The van der Waals surface area contributed by atoms with Crippen LogP contribution in [0.15, 0.2) is 42.5 Å². The minimum Gasteiger partial charge on any atom is -0.313 e. The molecular weight excluding hydrogens is 244 g/mol. The van der Waals surface area contributed by atoms with Crippen LogP contribution in [-0.2, 0) is 0 Å². The van der Waals surface area contributed by atoms with E-state index in [1.807, 2.05) is 31.3 Å². The molecule has 0 aliphatic rings. The Morgan fingerprint density at radius 3 is 2.26 bits per heavy atom.